The molecule has 1 aromatic carbocycles. The van der Waals surface area contributed by atoms with Crippen molar-refractivity contribution in [1.82, 2.24) is 10.6 Å². The van der Waals surface area contributed by atoms with Crippen LogP contribution in [0.25, 0.3) is 0 Å². The molecule has 0 spiro atoms. The zero-order chi connectivity index (χ0) is 18.8. The van der Waals surface area contributed by atoms with Crippen LogP contribution in [0.1, 0.15) is 58.9 Å². The topological polar surface area (TPSA) is 82.3 Å². The summed E-state index contributed by atoms with van der Waals surface area (Å²) >= 11 is 0. The molecule has 0 aromatic heterocycles. The van der Waals surface area contributed by atoms with Crippen LogP contribution in [-0.4, -0.2) is 24.1 Å². The normalized spacial score (nSPS) is 12.8. The molecule has 2 atom stereocenters. The summed E-state index contributed by atoms with van der Waals surface area (Å²) in [5.74, 6) is 0. The van der Waals surface area contributed by atoms with Crippen molar-refractivity contribution in [2.45, 2.75) is 72.4 Å². The van der Waals surface area contributed by atoms with E-state index < -0.39 is 0 Å². The maximum absolute atomic E-state index is 12.1. The molecule has 0 fully saturated rings. The number of urea groups is 2. The molecule has 140 valence electrons. The number of nitrogens with one attached hydrogen (secondary N) is 4. The summed E-state index contributed by atoms with van der Waals surface area (Å²) < 4.78 is 0. The Morgan fingerprint density at radius 1 is 0.920 bits per heavy atom. The van der Waals surface area contributed by atoms with Crippen LogP contribution in [0.4, 0.5) is 21.0 Å². The standard InChI is InChI=1S/C19H32N4O2/c1-6-8-14(4)20-18(24)22-16-11-10-13(3)17(12-16)23-19(25)21-15(5)9-7-2/h10-12,14-15H,6-9H2,1-5H3,(H2,20,22,24)(H2,21,23,25)/t14-,15+/m1/s1. The number of aryl methyl sites for hydroxylation is 1. The first-order chi connectivity index (χ1) is 11.8. The van der Waals surface area contributed by atoms with Crippen molar-refractivity contribution in [1.29, 1.82) is 0 Å². The van der Waals surface area contributed by atoms with Gasteiger partial charge in [-0.05, 0) is 51.3 Å². The Bertz CT molecular complexity index is 575. The zero-order valence-electron chi connectivity index (χ0n) is 16.0. The summed E-state index contributed by atoms with van der Waals surface area (Å²) in [6, 6.07) is 5.23. The Labute approximate surface area is 151 Å². The van der Waals surface area contributed by atoms with Crippen LogP contribution in [0.5, 0.6) is 0 Å². The minimum Gasteiger partial charge on any atom is -0.335 e. The number of carbonyl (C=O) groups is 2. The van der Waals surface area contributed by atoms with Crippen LogP contribution in [0, 0.1) is 6.92 Å². The second-order valence-electron chi connectivity index (χ2n) is 6.61. The Morgan fingerprint density at radius 3 is 1.96 bits per heavy atom. The van der Waals surface area contributed by atoms with Gasteiger partial charge >= 0.3 is 12.1 Å². The molecule has 4 amide bonds. The van der Waals surface area contributed by atoms with Crippen molar-refractivity contribution in [3.8, 4) is 0 Å². The molecule has 0 radical (unpaired) electrons. The molecular formula is C19H32N4O2. The molecule has 0 saturated heterocycles. The first-order valence-corrected chi connectivity index (χ1v) is 9.11. The monoisotopic (exact) mass is 348 g/mol. The smallest absolute Gasteiger partial charge is 0.319 e. The molecule has 6 heteroatoms. The molecule has 0 bridgehead atoms. The lowest BCUT2D eigenvalue weighted by Crippen LogP contribution is -2.36. The summed E-state index contributed by atoms with van der Waals surface area (Å²) in [5, 5.41) is 11.5. The highest BCUT2D eigenvalue weighted by atomic mass is 16.2. The lowest BCUT2D eigenvalue weighted by Gasteiger charge is -2.16. The quantitative estimate of drug-likeness (QED) is 0.553. The van der Waals surface area contributed by atoms with E-state index >= 15 is 0 Å². The molecule has 0 aliphatic carbocycles. The number of rotatable bonds is 8. The van der Waals surface area contributed by atoms with E-state index in [0.29, 0.717) is 11.4 Å². The minimum atomic E-state index is -0.239. The van der Waals surface area contributed by atoms with Crippen LogP contribution in [0.3, 0.4) is 0 Å². The van der Waals surface area contributed by atoms with Crippen molar-refractivity contribution in [3.63, 3.8) is 0 Å². The summed E-state index contributed by atoms with van der Waals surface area (Å²) in [6.45, 7) is 10.0. The maximum Gasteiger partial charge on any atom is 0.319 e. The van der Waals surface area contributed by atoms with Crippen LogP contribution >= 0.6 is 0 Å². The van der Waals surface area contributed by atoms with Gasteiger partial charge in [0.1, 0.15) is 0 Å². The number of anilines is 2. The lowest BCUT2D eigenvalue weighted by atomic mass is 10.1. The van der Waals surface area contributed by atoms with E-state index in [4.69, 9.17) is 0 Å². The number of benzene rings is 1. The van der Waals surface area contributed by atoms with Crippen LogP contribution in [0.15, 0.2) is 18.2 Å². The fourth-order valence-corrected chi connectivity index (χ4v) is 2.62. The van der Waals surface area contributed by atoms with Crippen molar-refractivity contribution >= 4 is 23.4 Å². The average molecular weight is 348 g/mol. The second kappa shape index (κ2) is 10.6. The van der Waals surface area contributed by atoms with Crippen LogP contribution < -0.4 is 21.3 Å². The SMILES string of the molecule is CCC[C@@H](C)NC(=O)Nc1ccc(C)c(NC(=O)N[C@@H](C)CCC)c1. The Kier molecular flexibility index (Phi) is 8.81. The fraction of sp³-hybridized carbons (Fsp3) is 0.579. The first-order valence-electron chi connectivity index (χ1n) is 9.11. The first kappa shape index (κ1) is 20.8. The summed E-state index contributed by atoms with van der Waals surface area (Å²) in [7, 11) is 0. The van der Waals surface area contributed by atoms with Crippen LogP contribution in [0.2, 0.25) is 0 Å². The van der Waals surface area contributed by atoms with Gasteiger partial charge in [-0.3, -0.25) is 0 Å². The molecule has 0 aliphatic heterocycles. The van der Waals surface area contributed by atoms with E-state index in [1.54, 1.807) is 6.07 Å². The van der Waals surface area contributed by atoms with E-state index in [9.17, 15) is 9.59 Å². The highest BCUT2D eigenvalue weighted by Crippen LogP contribution is 2.20. The summed E-state index contributed by atoms with van der Waals surface area (Å²) in [5.41, 5.74) is 2.26. The van der Waals surface area contributed by atoms with E-state index in [2.05, 4.69) is 35.1 Å². The zero-order valence-corrected chi connectivity index (χ0v) is 16.0. The molecule has 0 saturated carbocycles. The molecule has 0 aliphatic rings. The molecule has 4 N–H and O–H groups in total. The van der Waals surface area contributed by atoms with E-state index in [1.165, 1.54) is 0 Å². The number of carbonyl (C=O) groups excluding carboxylic acids is 2. The fourth-order valence-electron chi connectivity index (χ4n) is 2.62. The largest absolute Gasteiger partial charge is 0.335 e. The number of amides is 4. The minimum absolute atomic E-state index is 0.123. The average Bonchev–Trinajstić information content (AvgIpc) is 2.50. The number of hydrogen-bond acceptors (Lipinski definition) is 2. The maximum atomic E-state index is 12.1. The Balaban J connectivity index is 2.66. The molecule has 1 aromatic rings. The van der Waals surface area contributed by atoms with Crippen molar-refractivity contribution in [3.05, 3.63) is 23.8 Å². The molecule has 0 heterocycles. The van der Waals surface area contributed by atoms with Gasteiger partial charge in [0.05, 0.1) is 0 Å². The highest BCUT2D eigenvalue weighted by molar-refractivity contribution is 5.93. The predicted molar refractivity (Wildman–Crippen MR) is 104 cm³/mol. The highest BCUT2D eigenvalue weighted by Gasteiger charge is 2.10. The summed E-state index contributed by atoms with van der Waals surface area (Å²) in [6.07, 6.45) is 3.91. The van der Waals surface area contributed by atoms with Crippen LogP contribution in [-0.2, 0) is 0 Å². The third kappa shape index (κ3) is 7.92. The van der Waals surface area contributed by atoms with Crippen molar-refractivity contribution in [2.24, 2.45) is 0 Å². The van der Waals surface area contributed by atoms with Gasteiger partial charge in [0, 0.05) is 23.5 Å². The van der Waals surface area contributed by atoms with Gasteiger partial charge in [-0.2, -0.15) is 0 Å². The van der Waals surface area contributed by atoms with E-state index in [1.807, 2.05) is 32.9 Å². The number of hydrogen-bond donors (Lipinski definition) is 4. The Hall–Kier alpha value is -2.24. The Morgan fingerprint density at radius 2 is 1.44 bits per heavy atom. The third-order valence-electron chi connectivity index (χ3n) is 3.94. The molecule has 6 nitrogen and oxygen atoms in total. The van der Waals surface area contributed by atoms with Gasteiger partial charge < -0.3 is 21.3 Å². The summed E-state index contributed by atoms with van der Waals surface area (Å²) in [4.78, 5) is 24.1. The van der Waals surface area contributed by atoms with Crippen molar-refractivity contribution in [2.75, 3.05) is 10.6 Å². The van der Waals surface area contributed by atoms with Gasteiger partial charge in [0.15, 0.2) is 0 Å². The van der Waals surface area contributed by atoms with E-state index in [-0.39, 0.29) is 24.1 Å². The molecule has 25 heavy (non-hydrogen) atoms. The third-order valence-corrected chi connectivity index (χ3v) is 3.94. The molecule has 0 unspecified atom stereocenters. The van der Waals surface area contributed by atoms with Gasteiger partial charge in [0.25, 0.3) is 0 Å². The van der Waals surface area contributed by atoms with Gasteiger partial charge in [-0.25, -0.2) is 9.59 Å². The molecule has 1 rings (SSSR count). The van der Waals surface area contributed by atoms with Gasteiger partial charge in [-0.1, -0.05) is 32.8 Å². The molecular weight excluding hydrogens is 316 g/mol. The lowest BCUT2D eigenvalue weighted by molar-refractivity contribution is 0.248. The second-order valence-corrected chi connectivity index (χ2v) is 6.61. The predicted octanol–water partition coefficient (Wildman–Crippen LogP) is 4.62. The van der Waals surface area contributed by atoms with E-state index in [0.717, 1.165) is 31.2 Å². The van der Waals surface area contributed by atoms with Gasteiger partial charge in [-0.15, -0.1) is 0 Å². The van der Waals surface area contributed by atoms with Gasteiger partial charge in [0.2, 0.25) is 0 Å². The van der Waals surface area contributed by atoms with Crippen molar-refractivity contribution < 1.29 is 9.59 Å².